The van der Waals surface area contributed by atoms with Gasteiger partial charge >= 0.3 is 5.97 Å². The third-order valence-electron chi connectivity index (χ3n) is 4.44. The van der Waals surface area contributed by atoms with Gasteiger partial charge in [-0.15, -0.1) is 0 Å². The first kappa shape index (κ1) is 14.0. The lowest BCUT2D eigenvalue weighted by Crippen LogP contribution is -2.17. The minimum absolute atomic E-state index is 0.0949. The molecule has 110 valence electrons. The summed E-state index contributed by atoms with van der Waals surface area (Å²) in [7, 11) is 0. The predicted molar refractivity (Wildman–Crippen MR) is 78.9 cm³/mol. The second-order valence-corrected chi connectivity index (χ2v) is 6.96. The van der Waals surface area contributed by atoms with Gasteiger partial charge in [-0.2, -0.15) is 0 Å². The molecular weight excluding hydrogens is 272 g/mol. The Morgan fingerprint density at radius 3 is 2.60 bits per heavy atom. The molecule has 0 aliphatic heterocycles. The highest BCUT2D eigenvalue weighted by Gasteiger charge is 2.41. The molecule has 0 unspecified atom stereocenters. The van der Waals surface area contributed by atoms with Crippen molar-refractivity contribution in [2.24, 2.45) is 17.8 Å². The first-order chi connectivity index (χ1) is 9.69. The molecule has 5 heteroatoms. The van der Waals surface area contributed by atoms with Gasteiger partial charge in [0.25, 0.3) is 0 Å². The van der Waals surface area contributed by atoms with E-state index in [0.717, 1.165) is 35.9 Å². The van der Waals surface area contributed by atoms with Gasteiger partial charge in [0.2, 0.25) is 0 Å². The summed E-state index contributed by atoms with van der Waals surface area (Å²) in [4.78, 5) is 15.2. The molecule has 0 radical (unpaired) electrons. The molecule has 2 aliphatic carbocycles. The SMILES string of the molecule is CCc1cnc(SCC(=O)O)n1CC(C1CC1)C1CC1. The smallest absolute Gasteiger partial charge is 0.313 e. The second-order valence-electron chi connectivity index (χ2n) is 6.02. The van der Waals surface area contributed by atoms with Gasteiger partial charge in [-0.3, -0.25) is 4.79 Å². The van der Waals surface area contributed by atoms with E-state index in [-0.39, 0.29) is 5.75 Å². The molecule has 0 saturated heterocycles. The van der Waals surface area contributed by atoms with Crippen molar-refractivity contribution in [2.45, 2.75) is 50.7 Å². The maximum atomic E-state index is 10.8. The van der Waals surface area contributed by atoms with E-state index in [2.05, 4.69) is 16.5 Å². The Kier molecular flexibility index (Phi) is 4.06. The van der Waals surface area contributed by atoms with Crippen molar-refractivity contribution in [1.29, 1.82) is 0 Å². The summed E-state index contributed by atoms with van der Waals surface area (Å²) in [6, 6.07) is 0. The molecular formula is C15H22N2O2S. The highest BCUT2D eigenvalue weighted by molar-refractivity contribution is 7.99. The summed E-state index contributed by atoms with van der Waals surface area (Å²) < 4.78 is 2.29. The van der Waals surface area contributed by atoms with Gasteiger partial charge in [-0.1, -0.05) is 18.7 Å². The van der Waals surface area contributed by atoms with Crippen molar-refractivity contribution in [2.75, 3.05) is 5.75 Å². The average Bonchev–Trinajstić information content (AvgIpc) is 3.32. The summed E-state index contributed by atoms with van der Waals surface area (Å²) >= 11 is 1.35. The third-order valence-corrected chi connectivity index (χ3v) is 5.41. The van der Waals surface area contributed by atoms with Crippen LogP contribution >= 0.6 is 11.8 Å². The minimum atomic E-state index is -0.775. The molecule has 2 aliphatic rings. The average molecular weight is 294 g/mol. The molecule has 2 saturated carbocycles. The van der Waals surface area contributed by atoms with Crippen molar-refractivity contribution < 1.29 is 9.90 Å². The molecule has 4 nitrogen and oxygen atoms in total. The number of imidazole rings is 1. The zero-order chi connectivity index (χ0) is 14.1. The number of aromatic nitrogens is 2. The summed E-state index contributed by atoms with van der Waals surface area (Å²) in [5, 5.41) is 9.73. The van der Waals surface area contributed by atoms with Crippen molar-refractivity contribution in [3.05, 3.63) is 11.9 Å². The number of carboxylic acid groups (broad SMARTS) is 1. The number of aliphatic carboxylic acids is 1. The molecule has 0 bridgehead atoms. The van der Waals surface area contributed by atoms with Crippen LogP contribution in [0.4, 0.5) is 0 Å². The molecule has 1 heterocycles. The number of carbonyl (C=O) groups is 1. The topological polar surface area (TPSA) is 55.1 Å². The number of rotatable bonds is 8. The lowest BCUT2D eigenvalue weighted by Gasteiger charge is -2.19. The number of carboxylic acids is 1. The third kappa shape index (κ3) is 3.19. The van der Waals surface area contributed by atoms with Gasteiger partial charge in [0, 0.05) is 18.4 Å². The molecule has 0 atom stereocenters. The van der Waals surface area contributed by atoms with Crippen LogP contribution in [-0.4, -0.2) is 26.4 Å². The van der Waals surface area contributed by atoms with E-state index in [1.807, 2.05) is 6.20 Å². The van der Waals surface area contributed by atoms with Crippen LogP contribution in [0.15, 0.2) is 11.4 Å². The second kappa shape index (κ2) is 5.80. The maximum absolute atomic E-state index is 10.8. The van der Waals surface area contributed by atoms with Crippen molar-refractivity contribution in [1.82, 2.24) is 9.55 Å². The number of hydrogen-bond donors (Lipinski definition) is 1. The summed E-state index contributed by atoms with van der Waals surface area (Å²) in [5.74, 6) is 1.93. The molecule has 1 aromatic rings. The number of hydrogen-bond acceptors (Lipinski definition) is 3. The van der Waals surface area contributed by atoms with Crippen molar-refractivity contribution in [3.8, 4) is 0 Å². The molecule has 0 amide bonds. The van der Waals surface area contributed by atoms with Gasteiger partial charge in [0.05, 0.1) is 5.75 Å². The van der Waals surface area contributed by atoms with Gasteiger partial charge in [0.15, 0.2) is 5.16 Å². The molecule has 3 rings (SSSR count). The van der Waals surface area contributed by atoms with Gasteiger partial charge in [-0.05, 0) is 49.9 Å². The standard InChI is InChI=1S/C15H22N2O2S/c1-2-12-7-16-15(20-9-14(18)19)17(12)8-13(10-3-4-10)11-5-6-11/h7,10-11,13H,2-6,8-9H2,1H3,(H,18,19). The Hall–Kier alpha value is -0.970. The van der Waals surface area contributed by atoms with Crippen LogP contribution in [0.25, 0.3) is 0 Å². The van der Waals surface area contributed by atoms with E-state index in [4.69, 9.17) is 5.11 Å². The van der Waals surface area contributed by atoms with Gasteiger partial charge < -0.3 is 9.67 Å². The van der Waals surface area contributed by atoms with Crippen LogP contribution in [0.5, 0.6) is 0 Å². The van der Waals surface area contributed by atoms with Crippen LogP contribution in [0, 0.1) is 17.8 Å². The molecule has 0 spiro atoms. The van der Waals surface area contributed by atoms with Crippen LogP contribution < -0.4 is 0 Å². The lowest BCUT2D eigenvalue weighted by molar-refractivity contribution is -0.133. The summed E-state index contributed by atoms with van der Waals surface area (Å²) in [5.41, 5.74) is 1.24. The van der Waals surface area contributed by atoms with E-state index in [9.17, 15) is 4.79 Å². The highest BCUT2D eigenvalue weighted by atomic mass is 32.2. The van der Waals surface area contributed by atoms with E-state index < -0.39 is 5.97 Å². The molecule has 1 N–H and O–H groups in total. The summed E-state index contributed by atoms with van der Waals surface area (Å²) in [6.07, 6.45) is 8.41. The van der Waals surface area contributed by atoms with Gasteiger partial charge in [-0.25, -0.2) is 4.98 Å². The van der Waals surface area contributed by atoms with Crippen LogP contribution in [0.1, 0.15) is 38.3 Å². The Morgan fingerprint density at radius 2 is 2.10 bits per heavy atom. The monoisotopic (exact) mass is 294 g/mol. The Morgan fingerprint density at radius 1 is 1.45 bits per heavy atom. The van der Waals surface area contributed by atoms with Crippen LogP contribution in [-0.2, 0) is 17.8 Å². The number of aryl methyl sites for hydroxylation is 1. The Balaban J connectivity index is 1.74. The molecule has 1 aromatic heterocycles. The zero-order valence-corrected chi connectivity index (χ0v) is 12.7. The van der Waals surface area contributed by atoms with Crippen molar-refractivity contribution in [3.63, 3.8) is 0 Å². The van der Waals surface area contributed by atoms with E-state index in [1.54, 1.807) is 0 Å². The fourth-order valence-corrected chi connectivity index (χ4v) is 3.78. The largest absolute Gasteiger partial charge is 0.481 e. The maximum Gasteiger partial charge on any atom is 0.313 e. The van der Waals surface area contributed by atoms with Crippen molar-refractivity contribution >= 4 is 17.7 Å². The summed E-state index contributed by atoms with van der Waals surface area (Å²) in [6.45, 7) is 3.18. The fraction of sp³-hybridized carbons (Fsp3) is 0.733. The first-order valence-electron chi connectivity index (χ1n) is 7.58. The Bertz CT molecular complexity index is 480. The van der Waals surface area contributed by atoms with Crippen LogP contribution in [0.3, 0.4) is 0 Å². The van der Waals surface area contributed by atoms with Gasteiger partial charge in [0.1, 0.15) is 0 Å². The quantitative estimate of drug-likeness (QED) is 0.749. The lowest BCUT2D eigenvalue weighted by atomic mass is 9.98. The molecule has 2 fully saturated rings. The van der Waals surface area contributed by atoms with E-state index >= 15 is 0 Å². The van der Waals surface area contributed by atoms with E-state index in [1.165, 1.54) is 43.1 Å². The molecule has 0 aromatic carbocycles. The normalized spacial score (nSPS) is 18.7. The highest BCUT2D eigenvalue weighted by Crippen LogP contribution is 2.50. The fourth-order valence-electron chi connectivity index (χ4n) is 3.05. The first-order valence-corrected chi connectivity index (χ1v) is 8.56. The predicted octanol–water partition coefficient (Wildman–Crippen LogP) is 3.06. The Labute approximate surface area is 124 Å². The molecule has 20 heavy (non-hydrogen) atoms. The zero-order valence-electron chi connectivity index (χ0n) is 11.9. The van der Waals surface area contributed by atoms with E-state index in [0.29, 0.717) is 0 Å². The minimum Gasteiger partial charge on any atom is -0.481 e. The number of nitrogens with zero attached hydrogens (tertiary/aromatic N) is 2. The van der Waals surface area contributed by atoms with Crippen LogP contribution in [0.2, 0.25) is 0 Å². The number of thioether (sulfide) groups is 1.